The summed E-state index contributed by atoms with van der Waals surface area (Å²) in [7, 11) is 0. The number of nitrogens with zero attached hydrogens (tertiary/aromatic N) is 3. The Morgan fingerprint density at radius 2 is 1.62 bits per heavy atom. The number of imidazole rings is 1. The minimum Gasteiger partial charge on any atom is -0.311 e. The Kier molecular flexibility index (Phi) is 6.89. The topological polar surface area (TPSA) is 21.1 Å². The van der Waals surface area contributed by atoms with Crippen LogP contribution < -0.4 is 4.90 Å². The molecular weight excluding hydrogens is 474 g/mol. The van der Waals surface area contributed by atoms with Gasteiger partial charge in [-0.1, -0.05) is 85.8 Å². The molecule has 2 aliphatic carbocycles. The summed E-state index contributed by atoms with van der Waals surface area (Å²) in [5, 5.41) is 0. The average molecular weight is 510 g/mol. The fraction of sp³-hybridized carbons (Fsp3) is 0.194. The monoisotopic (exact) mass is 509 g/mol. The van der Waals surface area contributed by atoms with Crippen molar-refractivity contribution in [1.29, 1.82) is 0 Å². The number of hydrogen-bond donors (Lipinski definition) is 0. The van der Waals surface area contributed by atoms with E-state index in [4.69, 9.17) is 4.98 Å². The molecule has 0 radical (unpaired) electrons. The van der Waals surface area contributed by atoms with Crippen LogP contribution in [0.4, 0.5) is 11.4 Å². The molecule has 4 aromatic rings. The maximum absolute atomic E-state index is 4.70. The van der Waals surface area contributed by atoms with E-state index in [1.54, 1.807) is 0 Å². The summed E-state index contributed by atoms with van der Waals surface area (Å²) < 4.78 is 2.25. The quantitative estimate of drug-likeness (QED) is 0.258. The molecule has 1 aromatic heterocycles. The van der Waals surface area contributed by atoms with Gasteiger partial charge in [0.1, 0.15) is 5.82 Å². The number of rotatable bonds is 6. The van der Waals surface area contributed by atoms with Gasteiger partial charge in [-0.2, -0.15) is 0 Å². The van der Waals surface area contributed by atoms with Crippen molar-refractivity contribution in [2.45, 2.75) is 39.5 Å². The first-order chi connectivity index (χ1) is 19.1. The van der Waals surface area contributed by atoms with Crippen molar-refractivity contribution in [3.63, 3.8) is 0 Å². The molecule has 0 N–H and O–H groups in total. The minimum absolute atomic E-state index is 0.325. The zero-order chi connectivity index (χ0) is 26.8. The lowest BCUT2D eigenvalue weighted by molar-refractivity contribution is 0.728. The highest BCUT2D eigenvalue weighted by molar-refractivity contribution is 5.75. The third-order valence-corrected chi connectivity index (χ3v) is 7.79. The Hall–Kier alpha value is -4.37. The lowest BCUT2D eigenvalue weighted by Crippen LogP contribution is -2.17. The van der Waals surface area contributed by atoms with Crippen LogP contribution >= 0.6 is 0 Å². The molecule has 0 bridgehead atoms. The molecule has 1 heterocycles. The Balaban J connectivity index is 1.33. The van der Waals surface area contributed by atoms with Crippen molar-refractivity contribution in [2.24, 2.45) is 5.92 Å². The third kappa shape index (κ3) is 5.05. The lowest BCUT2D eigenvalue weighted by atomic mass is 9.84. The first-order valence-electron chi connectivity index (χ1n) is 13.9. The zero-order valence-corrected chi connectivity index (χ0v) is 23.0. The van der Waals surface area contributed by atoms with Crippen LogP contribution in [0.3, 0.4) is 0 Å². The van der Waals surface area contributed by atoms with Crippen LogP contribution in [0.15, 0.2) is 138 Å². The highest BCUT2D eigenvalue weighted by Crippen LogP contribution is 2.40. The van der Waals surface area contributed by atoms with Crippen molar-refractivity contribution >= 4 is 17.1 Å². The zero-order valence-electron chi connectivity index (χ0n) is 23.0. The second-order valence-electron chi connectivity index (χ2n) is 10.7. The Morgan fingerprint density at radius 3 is 2.33 bits per heavy atom. The second kappa shape index (κ2) is 10.8. The molecule has 0 fully saturated rings. The van der Waals surface area contributed by atoms with E-state index in [9.17, 15) is 0 Å². The number of allylic oxidation sites excluding steroid dienone is 7. The fourth-order valence-electron chi connectivity index (χ4n) is 5.90. The molecule has 2 atom stereocenters. The summed E-state index contributed by atoms with van der Waals surface area (Å²) in [6, 6.07) is 30.2. The van der Waals surface area contributed by atoms with Crippen molar-refractivity contribution in [2.75, 3.05) is 4.90 Å². The smallest absolute Gasteiger partial charge is 0.144 e. The van der Waals surface area contributed by atoms with Crippen LogP contribution in [0.1, 0.15) is 45.1 Å². The van der Waals surface area contributed by atoms with Crippen LogP contribution in [-0.4, -0.2) is 9.55 Å². The minimum atomic E-state index is 0.325. The highest BCUT2D eigenvalue weighted by Gasteiger charge is 2.23. The number of aromatic nitrogens is 2. The van der Waals surface area contributed by atoms with E-state index in [0.29, 0.717) is 11.8 Å². The summed E-state index contributed by atoms with van der Waals surface area (Å²) in [5.74, 6) is 1.89. The molecule has 0 amide bonds. The van der Waals surface area contributed by atoms with Crippen LogP contribution in [-0.2, 0) is 0 Å². The fourth-order valence-corrected chi connectivity index (χ4v) is 5.90. The SMILES string of the molecule is CC1=CC(c2cccc(N(C3=CCC(C)C=C3)c3ccccc3)c2)CC(C)=C1n1ccnc1-c1ccccc1. The van der Waals surface area contributed by atoms with E-state index in [-0.39, 0.29) is 0 Å². The largest absolute Gasteiger partial charge is 0.311 e. The number of para-hydroxylation sites is 1. The molecular formula is C36H35N3. The van der Waals surface area contributed by atoms with Gasteiger partial charge in [0.25, 0.3) is 0 Å². The molecule has 6 rings (SSSR count). The number of benzene rings is 3. The van der Waals surface area contributed by atoms with Crippen molar-refractivity contribution < 1.29 is 0 Å². The number of hydrogen-bond acceptors (Lipinski definition) is 2. The lowest BCUT2D eigenvalue weighted by Gasteiger charge is -2.30. The Labute approximate surface area is 232 Å². The van der Waals surface area contributed by atoms with Crippen LogP contribution in [0.5, 0.6) is 0 Å². The van der Waals surface area contributed by atoms with Gasteiger partial charge in [-0.25, -0.2) is 4.98 Å². The van der Waals surface area contributed by atoms with Crippen molar-refractivity contribution in [3.05, 3.63) is 144 Å². The summed E-state index contributed by atoms with van der Waals surface area (Å²) in [4.78, 5) is 7.09. The molecule has 39 heavy (non-hydrogen) atoms. The van der Waals surface area contributed by atoms with Gasteiger partial charge in [0.15, 0.2) is 0 Å². The molecule has 2 unspecified atom stereocenters. The molecule has 3 heteroatoms. The second-order valence-corrected chi connectivity index (χ2v) is 10.7. The van der Waals surface area contributed by atoms with Gasteiger partial charge >= 0.3 is 0 Å². The van der Waals surface area contributed by atoms with E-state index in [2.05, 4.69) is 140 Å². The van der Waals surface area contributed by atoms with Crippen LogP contribution in [0, 0.1) is 5.92 Å². The summed E-state index contributed by atoms with van der Waals surface area (Å²) in [5.41, 5.74) is 10.0. The Bertz CT molecular complexity index is 1580. The first-order valence-corrected chi connectivity index (χ1v) is 13.9. The molecule has 194 valence electrons. The molecule has 0 spiro atoms. The summed E-state index contributed by atoms with van der Waals surface area (Å²) in [6.07, 6.45) is 15.4. The maximum atomic E-state index is 4.70. The molecule has 3 nitrogen and oxygen atoms in total. The van der Waals surface area contributed by atoms with E-state index in [0.717, 1.165) is 24.2 Å². The average Bonchev–Trinajstić information content (AvgIpc) is 3.44. The molecule has 0 aliphatic heterocycles. The van der Waals surface area contributed by atoms with Gasteiger partial charge in [0, 0.05) is 46.6 Å². The van der Waals surface area contributed by atoms with Gasteiger partial charge in [-0.05, 0) is 79.7 Å². The van der Waals surface area contributed by atoms with E-state index in [1.165, 1.54) is 39.5 Å². The van der Waals surface area contributed by atoms with Crippen LogP contribution in [0.2, 0.25) is 0 Å². The standard InChI is InChI=1S/C36H35N3/c1-26-17-19-33(20-18-26)39(32-14-8-5-9-15-32)34-16-10-13-30(25-34)31-23-27(2)35(28(3)24-31)38-22-21-37-36(38)29-11-6-4-7-12-29/h4-17,19-23,25-26,31H,18,24H2,1-3H3. The molecule has 0 saturated heterocycles. The van der Waals surface area contributed by atoms with Gasteiger partial charge in [-0.3, -0.25) is 4.57 Å². The van der Waals surface area contributed by atoms with E-state index in [1.807, 2.05) is 12.3 Å². The predicted octanol–water partition coefficient (Wildman–Crippen LogP) is 9.53. The third-order valence-electron chi connectivity index (χ3n) is 7.79. The van der Waals surface area contributed by atoms with Crippen molar-refractivity contribution in [1.82, 2.24) is 9.55 Å². The predicted molar refractivity (Wildman–Crippen MR) is 164 cm³/mol. The number of anilines is 2. The van der Waals surface area contributed by atoms with Crippen molar-refractivity contribution in [3.8, 4) is 11.4 Å². The molecule has 3 aromatic carbocycles. The normalized spacial score (nSPS) is 19.1. The van der Waals surface area contributed by atoms with Crippen LogP contribution in [0.25, 0.3) is 17.1 Å². The van der Waals surface area contributed by atoms with Gasteiger partial charge in [0.2, 0.25) is 0 Å². The van der Waals surface area contributed by atoms with E-state index < -0.39 is 0 Å². The maximum Gasteiger partial charge on any atom is 0.144 e. The molecule has 2 aliphatic rings. The summed E-state index contributed by atoms with van der Waals surface area (Å²) in [6.45, 7) is 6.77. The van der Waals surface area contributed by atoms with Gasteiger partial charge in [0.05, 0.1) is 0 Å². The highest BCUT2D eigenvalue weighted by atomic mass is 15.1. The molecule has 0 saturated carbocycles. The van der Waals surface area contributed by atoms with E-state index >= 15 is 0 Å². The first kappa shape index (κ1) is 24.9. The summed E-state index contributed by atoms with van der Waals surface area (Å²) >= 11 is 0. The van der Waals surface area contributed by atoms with Gasteiger partial charge < -0.3 is 4.90 Å². The Morgan fingerprint density at radius 1 is 0.872 bits per heavy atom. The van der Waals surface area contributed by atoms with Gasteiger partial charge in [-0.15, -0.1) is 0 Å².